The van der Waals surface area contributed by atoms with E-state index in [-0.39, 0.29) is 17.9 Å². The van der Waals surface area contributed by atoms with Crippen molar-refractivity contribution >= 4 is 19.9 Å². The first-order valence-corrected chi connectivity index (χ1v) is 9.41. The van der Waals surface area contributed by atoms with Crippen molar-refractivity contribution in [3.05, 3.63) is 18.2 Å². The van der Waals surface area contributed by atoms with Crippen LogP contribution in [0.3, 0.4) is 0 Å². The van der Waals surface area contributed by atoms with Gasteiger partial charge in [-0.25, -0.2) is 26.5 Å². The average molecular weight is 307 g/mol. The Hall–Kier alpha value is -0.930. The fourth-order valence-corrected chi connectivity index (χ4v) is 6.43. The molecule has 2 atom stereocenters. The normalized spacial score (nSPS) is 24.4. The summed E-state index contributed by atoms with van der Waals surface area (Å²) in [6, 6.07) is -0.455. The van der Waals surface area contributed by atoms with E-state index < -0.39 is 31.2 Å². The highest BCUT2D eigenvalue weighted by molar-refractivity contribution is 7.95. The molecule has 1 aromatic heterocycles. The van der Waals surface area contributed by atoms with Crippen LogP contribution < -0.4 is 4.72 Å². The van der Waals surface area contributed by atoms with Gasteiger partial charge < -0.3 is 4.98 Å². The number of hydrogen-bond donors (Lipinski definition) is 2. The van der Waals surface area contributed by atoms with Crippen molar-refractivity contribution in [1.82, 2.24) is 14.7 Å². The number of nitrogens with one attached hydrogen (secondary N) is 2. The standard InChI is InChI=1S/C10H17N3O4S2/c1-2-9(10-11-4-5-12-10)13-19(16,17)8-3-6-18(14,15)7-8/h4-5,8-9,13H,2-3,6-7H2,1H3,(H,11,12). The molecule has 0 saturated carbocycles. The third-order valence-corrected chi connectivity index (χ3v) is 7.07. The summed E-state index contributed by atoms with van der Waals surface area (Å²) in [5, 5.41) is -0.860. The molecule has 2 rings (SSSR count). The van der Waals surface area contributed by atoms with Crippen molar-refractivity contribution in [2.24, 2.45) is 0 Å². The minimum absolute atomic E-state index is 0.0594. The van der Waals surface area contributed by atoms with Gasteiger partial charge >= 0.3 is 0 Å². The Bertz CT molecular complexity index is 622. The summed E-state index contributed by atoms with van der Waals surface area (Å²) in [5.74, 6) is 0.180. The van der Waals surface area contributed by atoms with E-state index >= 15 is 0 Å². The quantitative estimate of drug-likeness (QED) is 0.794. The number of aromatic nitrogens is 2. The zero-order chi connectivity index (χ0) is 14.1. The zero-order valence-electron chi connectivity index (χ0n) is 10.5. The van der Waals surface area contributed by atoms with Gasteiger partial charge in [0, 0.05) is 12.4 Å². The molecule has 2 heterocycles. The fraction of sp³-hybridized carbons (Fsp3) is 0.700. The highest BCUT2D eigenvalue weighted by Gasteiger charge is 2.38. The van der Waals surface area contributed by atoms with Crippen molar-refractivity contribution in [2.75, 3.05) is 11.5 Å². The minimum Gasteiger partial charge on any atom is -0.347 e. The number of imidazole rings is 1. The van der Waals surface area contributed by atoms with Crippen LogP contribution >= 0.6 is 0 Å². The Kier molecular flexibility index (Phi) is 3.98. The first-order valence-electron chi connectivity index (χ1n) is 6.05. The summed E-state index contributed by atoms with van der Waals surface area (Å²) in [6.45, 7) is 1.83. The van der Waals surface area contributed by atoms with Gasteiger partial charge in [-0.1, -0.05) is 6.92 Å². The number of rotatable bonds is 5. The second kappa shape index (κ2) is 5.22. The molecular weight excluding hydrogens is 290 g/mol. The summed E-state index contributed by atoms with van der Waals surface area (Å²) in [4.78, 5) is 6.89. The molecule has 1 aliphatic heterocycles. The van der Waals surface area contributed by atoms with Crippen LogP contribution in [0.1, 0.15) is 31.6 Å². The van der Waals surface area contributed by atoms with Crippen LogP contribution in [-0.4, -0.2) is 43.6 Å². The summed E-state index contributed by atoms with van der Waals surface area (Å²) < 4.78 is 49.6. The predicted molar refractivity (Wildman–Crippen MR) is 70.7 cm³/mol. The van der Waals surface area contributed by atoms with Gasteiger partial charge in [0.05, 0.1) is 22.8 Å². The molecule has 0 radical (unpaired) electrons. The van der Waals surface area contributed by atoms with Crippen molar-refractivity contribution in [2.45, 2.75) is 31.1 Å². The van der Waals surface area contributed by atoms with E-state index in [9.17, 15) is 16.8 Å². The molecule has 0 aromatic carbocycles. The largest absolute Gasteiger partial charge is 0.347 e. The second-order valence-electron chi connectivity index (χ2n) is 4.62. The lowest BCUT2D eigenvalue weighted by Gasteiger charge is -2.17. The molecule has 1 aliphatic rings. The number of hydrogen-bond acceptors (Lipinski definition) is 5. The van der Waals surface area contributed by atoms with Gasteiger partial charge in [-0.15, -0.1) is 0 Å². The Morgan fingerprint density at radius 1 is 1.58 bits per heavy atom. The lowest BCUT2D eigenvalue weighted by molar-refractivity contribution is 0.529. The third-order valence-electron chi connectivity index (χ3n) is 3.19. The lowest BCUT2D eigenvalue weighted by Crippen LogP contribution is -2.37. The maximum Gasteiger partial charge on any atom is 0.216 e. The van der Waals surface area contributed by atoms with E-state index in [1.807, 2.05) is 6.92 Å². The smallest absolute Gasteiger partial charge is 0.216 e. The highest BCUT2D eigenvalue weighted by atomic mass is 32.2. The zero-order valence-corrected chi connectivity index (χ0v) is 12.2. The Balaban J connectivity index is 2.13. The van der Waals surface area contributed by atoms with Gasteiger partial charge in [-0.2, -0.15) is 0 Å². The number of sulfone groups is 1. The van der Waals surface area contributed by atoms with Crippen molar-refractivity contribution in [3.63, 3.8) is 0 Å². The number of nitrogens with zero attached hydrogens (tertiary/aromatic N) is 1. The highest BCUT2D eigenvalue weighted by Crippen LogP contribution is 2.21. The maximum absolute atomic E-state index is 12.2. The fourth-order valence-electron chi connectivity index (χ4n) is 2.10. The molecule has 0 bridgehead atoms. The molecular formula is C10H17N3O4S2. The van der Waals surface area contributed by atoms with Crippen LogP contribution in [-0.2, 0) is 19.9 Å². The monoisotopic (exact) mass is 307 g/mol. The predicted octanol–water partition coefficient (Wildman–Crippen LogP) is -0.0327. The van der Waals surface area contributed by atoms with Gasteiger partial charge in [0.2, 0.25) is 10.0 Å². The van der Waals surface area contributed by atoms with Crippen LogP contribution in [0.25, 0.3) is 0 Å². The molecule has 19 heavy (non-hydrogen) atoms. The van der Waals surface area contributed by atoms with E-state index in [0.717, 1.165) is 0 Å². The topological polar surface area (TPSA) is 109 Å². The van der Waals surface area contributed by atoms with Crippen LogP contribution in [0, 0.1) is 0 Å². The lowest BCUT2D eigenvalue weighted by atomic mass is 10.2. The Morgan fingerprint density at radius 3 is 2.79 bits per heavy atom. The molecule has 0 aliphatic carbocycles. The Labute approximate surface area is 112 Å². The molecule has 9 heteroatoms. The SMILES string of the molecule is CCC(NS(=O)(=O)C1CCS(=O)(=O)C1)c1ncc[nH]1. The van der Waals surface area contributed by atoms with E-state index in [2.05, 4.69) is 14.7 Å². The van der Waals surface area contributed by atoms with E-state index in [1.165, 1.54) is 0 Å². The van der Waals surface area contributed by atoms with E-state index in [1.54, 1.807) is 12.4 Å². The molecule has 2 unspecified atom stereocenters. The van der Waals surface area contributed by atoms with Gasteiger partial charge in [0.25, 0.3) is 0 Å². The minimum atomic E-state index is -3.66. The maximum atomic E-state index is 12.2. The molecule has 0 spiro atoms. The summed E-state index contributed by atoms with van der Waals surface area (Å²) in [7, 11) is -6.88. The average Bonchev–Trinajstić information content (AvgIpc) is 2.95. The molecule has 108 valence electrons. The van der Waals surface area contributed by atoms with Crippen molar-refractivity contribution in [3.8, 4) is 0 Å². The molecule has 2 N–H and O–H groups in total. The Morgan fingerprint density at radius 2 is 2.32 bits per heavy atom. The second-order valence-corrected chi connectivity index (χ2v) is 8.84. The molecule has 0 amide bonds. The molecule has 1 fully saturated rings. The van der Waals surface area contributed by atoms with Gasteiger partial charge in [-0.3, -0.25) is 0 Å². The van der Waals surface area contributed by atoms with Gasteiger partial charge in [-0.05, 0) is 12.8 Å². The van der Waals surface area contributed by atoms with E-state index in [0.29, 0.717) is 12.2 Å². The molecule has 7 nitrogen and oxygen atoms in total. The van der Waals surface area contributed by atoms with Crippen LogP contribution in [0.2, 0.25) is 0 Å². The first-order chi connectivity index (χ1) is 8.84. The van der Waals surface area contributed by atoms with Gasteiger partial charge in [0.15, 0.2) is 9.84 Å². The summed E-state index contributed by atoms with van der Waals surface area (Å²) in [5.41, 5.74) is 0. The number of H-pyrrole nitrogens is 1. The first kappa shape index (κ1) is 14.5. The van der Waals surface area contributed by atoms with Crippen LogP contribution in [0.5, 0.6) is 0 Å². The summed E-state index contributed by atoms with van der Waals surface area (Å²) >= 11 is 0. The van der Waals surface area contributed by atoms with Crippen molar-refractivity contribution in [1.29, 1.82) is 0 Å². The van der Waals surface area contributed by atoms with Crippen molar-refractivity contribution < 1.29 is 16.8 Å². The molecule has 1 aromatic rings. The van der Waals surface area contributed by atoms with Crippen LogP contribution in [0.4, 0.5) is 0 Å². The number of sulfonamides is 1. The summed E-state index contributed by atoms with van der Waals surface area (Å²) in [6.07, 6.45) is 3.86. The molecule has 1 saturated heterocycles. The van der Waals surface area contributed by atoms with Gasteiger partial charge in [0.1, 0.15) is 5.82 Å². The number of aromatic amines is 1. The third kappa shape index (κ3) is 3.34. The van der Waals surface area contributed by atoms with Crippen LogP contribution in [0.15, 0.2) is 12.4 Å². The van der Waals surface area contributed by atoms with E-state index in [4.69, 9.17) is 0 Å².